The van der Waals surface area contributed by atoms with E-state index >= 15 is 0 Å². The Kier molecular flexibility index (Phi) is 4.42. The Morgan fingerprint density at radius 1 is 1.26 bits per heavy atom. The average Bonchev–Trinajstić information content (AvgIpc) is 2.68. The number of ether oxygens (including phenoxy) is 3. The summed E-state index contributed by atoms with van der Waals surface area (Å²) in [7, 11) is 2.66. The van der Waals surface area contributed by atoms with Crippen LogP contribution < -0.4 is 10.1 Å². The number of aromatic amines is 1. The molecule has 1 heterocycles. The van der Waals surface area contributed by atoms with Crippen molar-refractivity contribution >= 4 is 17.7 Å². The number of carbonyl (C=O) groups excluding carboxylic acids is 2. The van der Waals surface area contributed by atoms with E-state index in [2.05, 4.69) is 15.0 Å². The first kappa shape index (κ1) is 14.9. The van der Waals surface area contributed by atoms with E-state index in [0.29, 0.717) is 5.75 Å². The highest BCUT2D eigenvalue weighted by atomic mass is 16.6. The molecule has 1 aromatic heterocycles. The number of esters is 1. The van der Waals surface area contributed by atoms with Gasteiger partial charge in [-0.05, 0) is 20.8 Å². The molecule has 19 heavy (non-hydrogen) atoms. The zero-order chi connectivity index (χ0) is 14.6. The van der Waals surface area contributed by atoms with Gasteiger partial charge in [0.05, 0.1) is 14.2 Å². The van der Waals surface area contributed by atoms with Crippen LogP contribution in [0.2, 0.25) is 0 Å². The van der Waals surface area contributed by atoms with Crippen LogP contribution in [-0.2, 0) is 9.47 Å². The Bertz CT molecular complexity index is 473. The molecule has 0 atom stereocenters. The Morgan fingerprint density at radius 3 is 2.37 bits per heavy atom. The second-order valence-corrected chi connectivity index (χ2v) is 4.73. The zero-order valence-corrected chi connectivity index (χ0v) is 11.6. The van der Waals surface area contributed by atoms with Crippen molar-refractivity contribution in [2.24, 2.45) is 0 Å². The lowest BCUT2D eigenvalue weighted by molar-refractivity contribution is 0.0596. The molecule has 0 aromatic carbocycles. The molecule has 7 nitrogen and oxygen atoms in total. The fourth-order valence-electron chi connectivity index (χ4n) is 1.36. The van der Waals surface area contributed by atoms with Crippen molar-refractivity contribution in [1.29, 1.82) is 0 Å². The monoisotopic (exact) mass is 270 g/mol. The number of H-pyrrole nitrogens is 1. The smallest absolute Gasteiger partial charge is 0.412 e. The molecule has 0 unspecified atom stereocenters. The van der Waals surface area contributed by atoms with Crippen LogP contribution in [-0.4, -0.2) is 36.9 Å². The molecule has 1 amide bonds. The SMILES string of the molecule is COC(=O)c1[nH]cc(OC)c1NC(=O)OC(C)(C)C. The highest BCUT2D eigenvalue weighted by Gasteiger charge is 2.23. The quantitative estimate of drug-likeness (QED) is 0.821. The van der Waals surface area contributed by atoms with Gasteiger partial charge >= 0.3 is 12.1 Å². The molecular formula is C12H18N2O5. The minimum absolute atomic E-state index is 0.0882. The molecule has 0 aliphatic heterocycles. The summed E-state index contributed by atoms with van der Waals surface area (Å²) in [6, 6.07) is 0. The van der Waals surface area contributed by atoms with E-state index in [0.717, 1.165) is 0 Å². The second kappa shape index (κ2) is 5.64. The molecular weight excluding hydrogens is 252 g/mol. The first-order chi connectivity index (χ1) is 8.78. The van der Waals surface area contributed by atoms with Crippen molar-refractivity contribution in [3.8, 4) is 5.75 Å². The first-order valence-electron chi connectivity index (χ1n) is 5.62. The maximum Gasteiger partial charge on any atom is 0.412 e. The molecule has 0 aliphatic carbocycles. The standard InChI is InChI=1S/C12H18N2O5/c1-12(2,3)19-11(16)14-8-7(17-4)6-13-9(8)10(15)18-5/h6,13H,1-5H3,(H,14,16). The zero-order valence-electron chi connectivity index (χ0n) is 11.6. The summed E-state index contributed by atoms with van der Waals surface area (Å²) in [5, 5.41) is 2.46. The topological polar surface area (TPSA) is 89.7 Å². The molecule has 0 spiro atoms. The first-order valence-corrected chi connectivity index (χ1v) is 5.62. The lowest BCUT2D eigenvalue weighted by Gasteiger charge is -2.19. The van der Waals surface area contributed by atoms with Gasteiger partial charge in [0.2, 0.25) is 0 Å². The molecule has 0 saturated carbocycles. The summed E-state index contributed by atoms with van der Waals surface area (Å²) in [6.45, 7) is 5.21. The molecule has 106 valence electrons. The number of anilines is 1. The Labute approximate surface area is 111 Å². The summed E-state index contributed by atoms with van der Waals surface area (Å²) in [5.41, 5.74) is -0.368. The lowest BCUT2D eigenvalue weighted by Crippen LogP contribution is -2.27. The Hall–Kier alpha value is -2.18. The molecule has 0 aliphatic rings. The predicted molar refractivity (Wildman–Crippen MR) is 68.5 cm³/mol. The highest BCUT2D eigenvalue weighted by molar-refractivity contribution is 6.00. The van der Waals surface area contributed by atoms with Crippen LogP contribution in [0.4, 0.5) is 10.5 Å². The molecule has 0 fully saturated rings. The van der Waals surface area contributed by atoms with Gasteiger partial charge in [-0.25, -0.2) is 9.59 Å². The third-order valence-corrected chi connectivity index (χ3v) is 2.08. The average molecular weight is 270 g/mol. The van der Waals surface area contributed by atoms with Crippen LogP contribution in [0.3, 0.4) is 0 Å². The van der Waals surface area contributed by atoms with Crippen LogP contribution in [0.15, 0.2) is 6.20 Å². The number of amides is 1. The van der Waals surface area contributed by atoms with Gasteiger partial charge in [-0.2, -0.15) is 0 Å². The molecule has 0 radical (unpaired) electrons. The van der Waals surface area contributed by atoms with Crippen LogP contribution in [0.1, 0.15) is 31.3 Å². The van der Waals surface area contributed by atoms with Crippen LogP contribution in [0.5, 0.6) is 5.75 Å². The van der Waals surface area contributed by atoms with E-state index in [1.54, 1.807) is 20.8 Å². The normalized spacial score (nSPS) is 10.8. The summed E-state index contributed by atoms with van der Waals surface area (Å²) in [4.78, 5) is 25.9. The number of rotatable bonds is 3. The highest BCUT2D eigenvalue weighted by Crippen LogP contribution is 2.29. The number of hydrogen-bond donors (Lipinski definition) is 2. The lowest BCUT2D eigenvalue weighted by atomic mass is 10.2. The number of carbonyl (C=O) groups is 2. The van der Waals surface area contributed by atoms with Crippen LogP contribution >= 0.6 is 0 Å². The minimum Gasteiger partial charge on any atom is -0.493 e. The van der Waals surface area contributed by atoms with Crippen molar-refractivity contribution in [2.45, 2.75) is 26.4 Å². The van der Waals surface area contributed by atoms with Crippen LogP contribution in [0, 0.1) is 0 Å². The van der Waals surface area contributed by atoms with E-state index in [-0.39, 0.29) is 11.4 Å². The summed E-state index contributed by atoms with van der Waals surface area (Å²) < 4.78 is 14.7. The molecule has 1 rings (SSSR count). The maximum atomic E-state index is 11.7. The van der Waals surface area contributed by atoms with Crippen molar-refractivity contribution < 1.29 is 23.8 Å². The molecule has 0 bridgehead atoms. The maximum absolute atomic E-state index is 11.7. The van der Waals surface area contributed by atoms with E-state index in [1.165, 1.54) is 20.4 Å². The van der Waals surface area contributed by atoms with Gasteiger partial charge in [0, 0.05) is 6.20 Å². The van der Waals surface area contributed by atoms with Crippen molar-refractivity contribution in [1.82, 2.24) is 4.98 Å². The fraction of sp³-hybridized carbons (Fsp3) is 0.500. The minimum atomic E-state index is -0.685. The predicted octanol–water partition coefficient (Wildman–Crippen LogP) is 2.16. The number of nitrogens with one attached hydrogen (secondary N) is 2. The van der Waals surface area contributed by atoms with Crippen LogP contribution in [0.25, 0.3) is 0 Å². The van der Waals surface area contributed by atoms with Gasteiger partial charge in [-0.3, -0.25) is 5.32 Å². The van der Waals surface area contributed by atoms with Gasteiger partial charge in [-0.15, -0.1) is 0 Å². The number of hydrogen-bond acceptors (Lipinski definition) is 5. The second-order valence-electron chi connectivity index (χ2n) is 4.73. The van der Waals surface area contributed by atoms with Gasteiger partial charge < -0.3 is 19.2 Å². The Morgan fingerprint density at radius 2 is 1.89 bits per heavy atom. The summed E-state index contributed by atoms with van der Waals surface area (Å²) >= 11 is 0. The number of methoxy groups -OCH3 is 2. The molecule has 1 aromatic rings. The third-order valence-electron chi connectivity index (χ3n) is 2.08. The largest absolute Gasteiger partial charge is 0.493 e. The summed E-state index contributed by atoms with van der Waals surface area (Å²) in [6.07, 6.45) is 0.759. The van der Waals surface area contributed by atoms with E-state index < -0.39 is 17.7 Å². The van der Waals surface area contributed by atoms with Gasteiger partial charge in [0.25, 0.3) is 0 Å². The van der Waals surface area contributed by atoms with Gasteiger partial charge in [-0.1, -0.05) is 0 Å². The van der Waals surface area contributed by atoms with Crippen molar-refractivity contribution in [3.63, 3.8) is 0 Å². The third kappa shape index (κ3) is 3.90. The number of aromatic nitrogens is 1. The van der Waals surface area contributed by atoms with E-state index in [4.69, 9.17) is 9.47 Å². The molecule has 2 N–H and O–H groups in total. The Balaban J connectivity index is 2.95. The van der Waals surface area contributed by atoms with E-state index in [1.807, 2.05) is 0 Å². The van der Waals surface area contributed by atoms with Gasteiger partial charge in [0.1, 0.15) is 11.3 Å². The molecule has 0 saturated heterocycles. The van der Waals surface area contributed by atoms with Crippen molar-refractivity contribution in [2.75, 3.05) is 19.5 Å². The summed E-state index contributed by atoms with van der Waals surface area (Å²) in [5.74, 6) is -0.305. The van der Waals surface area contributed by atoms with E-state index in [9.17, 15) is 9.59 Å². The van der Waals surface area contributed by atoms with Crippen molar-refractivity contribution in [3.05, 3.63) is 11.9 Å². The van der Waals surface area contributed by atoms with Gasteiger partial charge in [0.15, 0.2) is 11.4 Å². The fourth-order valence-corrected chi connectivity index (χ4v) is 1.36. The molecule has 7 heteroatoms.